The maximum atomic E-state index is 12.1. The molecular formula is C22H21NO2. The van der Waals surface area contributed by atoms with E-state index >= 15 is 0 Å². The monoisotopic (exact) mass is 331 g/mol. The molecule has 0 spiro atoms. The molecule has 126 valence electrons. The lowest BCUT2D eigenvalue weighted by molar-refractivity contribution is -0.146. The SMILES string of the molecule is NC(Cc1cccc(-c2ccccc2)c1)C(=O)OCc1ccccc1. The minimum Gasteiger partial charge on any atom is -0.460 e. The number of carbonyl (C=O) groups excluding carboxylic acids is 1. The number of ether oxygens (including phenoxy) is 1. The fraction of sp³-hybridized carbons (Fsp3) is 0.136. The van der Waals surface area contributed by atoms with Crippen LogP contribution in [0.1, 0.15) is 11.1 Å². The Morgan fingerprint density at radius 3 is 2.12 bits per heavy atom. The van der Waals surface area contributed by atoms with Gasteiger partial charge in [0.25, 0.3) is 0 Å². The zero-order valence-corrected chi connectivity index (χ0v) is 14.0. The molecule has 3 heteroatoms. The number of esters is 1. The summed E-state index contributed by atoms with van der Waals surface area (Å²) in [5, 5.41) is 0. The number of rotatable bonds is 6. The third kappa shape index (κ3) is 4.78. The largest absolute Gasteiger partial charge is 0.460 e. The van der Waals surface area contributed by atoms with E-state index in [2.05, 4.69) is 24.3 Å². The molecule has 0 heterocycles. The normalized spacial score (nSPS) is 11.7. The van der Waals surface area contributed by atoms with Gasteiger partial charge in [0.15, 0.2) is 0 Å². The Hall–Kier alpha value is -2.91. The van der Waals surface area contributed by atoms with Gasteiger partial charge in [-0.2, -0.15) is 0 Å². The second kappa shape index (κ2) is 8.27. The van der Waals surface area contributed by atoms with Crippen molar-refractivity contribution in [3.8, 4) is 11.1 Å². The van der Waals surface area contributed by atoms with Crippen LogP contribution in [0, 0.1) is 0 Å². The van der Waals surface area contributed by atoms with Gasteiger partial charge in [-0.3, -0.25) is 4.79 Å². The van der Waals surface area contributed by atoms with Crippen LogP contribution in [-0.2, 0) is 22.6 Å². The Balaban J connectivity index is 1.60. The zero-order valence-electron chi connectivity index (χ0n) is 14.0. The lowest BCUT2D eigenvalue weighted by Crippen LogP contribution is -2.34. The van der Waals surface area contributed by atoms with E-state index in [-0.39, 0.29) is 12.6 Å². The van der Waals surface area contributed by atoms with Crippen molar-refractivity contribution < 1.29 is 9.53 Å². The van der Waals surface area contributed by atoms with Crippen LogP contribution in [0.2, 0.25) is 0 Å². The Kier molecular flexibility index (Phi) is 5.60. The summed E-state index contributed by atoms with van der Waals surface area (Å²) in [5.74, 6) is -0.381. The van der Waals surface area contributed by atoms with Gasteiger partial charge in [0.2, 0.25) is 0 Å². The van der Waals surface area contributed by atoms with Crippen LogP contribution in [0.15, 0.2) is 84.9 Å². The van der Waals surface area contributed by atoms with Crippen LogP contribution in [0.3, 0.4) is 0 Å². The molecule has 0 radical (unpaired) electrons. The second-order valence-corrected chi connectivity index (χ2v) is 5.97. The molecule has 0 aliphatic carbocycles. The number of carbonyl (C=O) groups is 1. The quantitative estimate of drug-likeness (QED) is 0.696. The highest BCUT2D eigenvalue weighted by molar-refractivity contribution is 5.76. The molecule has 1 unspecified atom stereocenters. The van der Waals surface area contributed by atoms with Gasteiger partial charge in [-0.15, -0.1) is 0 Å². The molecule has 0 saturated heterocycles. The van der Waals surface area contributed by atoms with Gasteiger partial charge in [-0.05, 0) is 28.7 Å². The van der Waals surface area contributed by atoms with E-state index in [1.807, 2.05) is 60.7 Å². The molecule has 0 amide bonds. The van der Waals surface area contributed by atoms with Gasteiger partial charge in [-0.1, -0.05) is 84.9 Å². The van der Waals surface area contributed by atoms with Crippen molar-refractivity contribution in [3.63, 3.8) is 0 Å². The molecule has 2 N–H and O–H groups in total. The third-order valence-corrected chi connectivity index (χ3v) is 4.02. The molecule has 1 atom stereocenters. The number of benzene rings is 3. The molecule has 0 saturated carbocycles. The molecule has 25 heavy (non-hydrogen) atoms. The third-order valence-electron chi connectivity index (χ3n) is 4.02. The average Bonchev–Trinajstić information content (AvgIpc) is 2.68. The van der Waals surface area contributed by atoms with Crippen molar-refractivity contribution in [3.05, 3.63) is 96.1 Å². The molecule has 3 rings (SSSR count). The number of hydrogen-bond acceptors (Lipinski definition) is 3. The van der Waals surface area contributed by atoms with Gasteiger partial charge in [0.1, 0.15) is 12.6 Å². The first kappa shape index (κ1) is 16.9. The standard InChI is InChI=1S/C22H21NO2/c23-21(22(24)25-16-17-8-3-1-4-9-17)15-18-10-7-13-20(14-18)19-11-5-2-6-12-19/h1-14,21H,15-16,23H2. The van der Waals surface area contributed by atoms with Crippen LogP contribution in [0.25, 0.3) is 11.1 Å². The van der Waals surface area contributed by atoms with Crippen LogP contribution in [-0.4, -0.2) is 12.0 Å². The maximum Gasteiger partial charge on any atom is 0.323 e. The Morgan fingerprint density at radius 1 is 0.800 bits per heavy atom. The van der Waals surface area contributed by atoms with Gasteiger partial charge in [0.05, 0.1) is 0 Å². The van der Waals surface area contributed by atoms with E-state index in [1.54, 1.807) is 0 Å². The molecule has 0 aliphatic rings. The number of hydrogen-bond donors (Lipinski definition) is 1. The summed E-state index contributed by atoms with van der Waals surface area (Å²) in [5.41, 5.74) is 10.3. The maximum absolute atomic E-state index is 12.1. The summed E-state index contributed by atoms with van der Waals surface area (Å²) in [6.07, 6.45) is 0.453. The van der Waals surface area contributed by atoms with Gasteiger partial charge in [0, 0.05) is 0 Å². The topological polar surface area (TPSA) is 52.3 Å². The van der Waals surface area contributed by atoms with E-state index in [0.29, 0.717) is 6.42 Å². The molecular weight excluding hydrogens is 310 g/mol. The Morgan fingerprint density at radius 2 is 1.40 bits per heavy atom. The Labute approximate surface area is 148 Å². The van der Waals surface area contributed by atoms with Crippen LogP contribution >= 0.6 is 0 Å². The van der Waals surface area contributed by atoms with Crippen LogP contribution < -0.4 is 5.73 Å². The Bertz CT molecular complexity index is 816. The molecule has 0 aromatic heterocycles. The zero-order chi connectivity index (χ0) is 17.5. The molecule has 0 fully saturated rings. The summed E-state index contributed by atoms with van der Waals surface area (Å²) in [4.78, 5) is 12.1. The number of nitrogens with two attached hydrogens (primary N) is 1. The van der Waals surface area contributed by atoms with Gasteiger partial charge >= 0.3 is 5.97 Å². The van der Waals surface area contributed by atoms with E-state index in [9.17, 15) is 4.79 Å². The second-order valence-electron chi connectivity index (χ2n) is 5.97. The van der Waals surface area contributed by atoms with Gasteiger partial charge < -0.3 is 10.5 Å². The molecule has 3 aromatic carbocycles. The smallest absolute Gasteiger partial charge is 0.323 e. The fourth-order valence-electron chi connectivity index (χ4n) is 2.68. The molecule has 3 nitrogen and oxygen atoms in total. The van der Waals surface area contributed by atoms with Crippen molar-refractivity contribution in [2.45, 2.75) is 19.1 Å². The van der Waals surface area contributed by atoms with E-state index < -0.39 is 6.04 Å². The summed E-state index contributed by atoms with van der Waals surface area (Å²) in [7, 11) is 0. The molecule has 3 aromatic rings. The predicted octanol–water partition coefficient (Wildman–Crippen LogP) is 3.97. The fourth-order valence-corrected chi connectivity index (χ4v) is 2.68. The first-order chi connectivity index (χ1) is 12.2. The highest BCUT2D eigenvalue weighted by atomic mass is 16.5. The van der Waals surface area contributed by atoms with E-state index in [4.69, 9.17) is 10.5 Å². The lowest BCUT2D eigenvalue weighted by Gasteiger charge is -2.12. The lowest BCUT2D eigenvalue weighted by atomic mass is 10.00. The molecule has 0 aliphatic heterocycles. The first-order valence-corrected chi connectivity index (χ1v) is 8.33. The van der Waals surface area contributed by atoms with Crippen molar-refractivity contribution in [1.29, 1.82) is 0 Å². The summed E-state index contributed by atoms with van der Waals surface area (Å²) < 4.78 is 5.31. The van der Waals surface area contributed by atoms with Crippen LogP contribution in [0.5, 0.6) is 0 Å². The highest BCUT2D eigenvalue weighted by Gasteiger charge is 2.16. The summed E-state index contributed by atoms with van der Waals surface area (Å²) >= 11 is 0. The minimum absolute atomic E-state index is 0.247. The summed E-state index contributed by atoms with van der Waals surface area (Å²) in [6, 6.07) is 27.1. The van der Waals surface area contributed by atoms with Gasteiger partial charge in [-0.25, -0.2) is 0 Å². The average molecular weight is 331 g/mol. The van der Waals surface area contributed by atoms with Crippen molar-refractivity contribution in [1.82, 2.24) is 0 Å². The predicted molar refractivity (Wildman–Crippen MR) is 99.8 cm³/mol. The van der Waals surface area contributed by atoms with Crippen molar-refractivity contribution >= 4 is 5.97 Å². The highest BCUT2D eigenvalue weighted by Crippen LogP contribution is 2.20. The first-order valence-electron chi connectivity index (χ1n) is 8.33. The van der Waals surface area contributed by atoms with Crippen molar-refractivity contribution in [2.75, 3.05) is 0 Å². The van der Waals surface area contributed by atoms with E-state index in [1.165, 1.54) is 0 Å². The summed E-state index contributed by atoms with van der Waals surface area (Å²) in [6.45, 7) is 0.247. The van der Waals surface area contributed by atoms with Crippen LogP contribution in [0.4, 0.5) is 0 Å². The minimum atomic E-state index is -0.672. The van der Waals surface area contributed by atoms with Crippen molar-refractivity contribution in [2.24, 2.45) is 5.73 Å². The van der Waals surface area contributed by atoms with E-state index in [0.717, 1.165) is 22.3 Å². The molecule has 0 bridgehead atoms.